The fourth-order valence-electron chi connectivity index (χ4n) is 1.97. The van der Waals surface area contributed by atoms with Crippen molar-refractivity contribution >= 4 is 5.91 Å². The van der Waals surface area contributed by atoms with Crippen LogP contribution in [0, 0.1) is 0 Å². The summed E-state index contributed by atoms with van der Waals surface area (Å²) in [6.45, 7) is 1.02. The van der Waals surface area contributed by atoms with Crippen LogP contribution in [0.1, 0.15) is 23.2 Å². The number of benzene rings is 1. The zero-order valence-electron chi connectivity index (χ0n) is 9.94. The Morgan fingerprint density at radius 2 is 2.00 bits per heavy atom. The van der Waals surface area contributed by atoms with Gasteiger partial charge in [0.2, 0.25) is 0 Å². The monoisotopic (exact) mass is 249 g/mol. The number of carbonyl (C=O) groups is 1. The molecule has 1 heterocycles. The fourth-order valence-corrected chi connectivity index (χ4v) is 1.97. The number of carbonyl (C=O) groups excluding carboxylic acids is 1. The van der Waals surface area contributed by atoms with Gasteiger partial charge in [-0.15, -0.1) is 0 Å². The van der Waals surface area contributed by atoms with Crippen LogP contribution in [0.2, 0.25) is 0 Å². The number of aliphatic hydroxyl groups is 1. The number of amides is 1. The molecule has 1 amide bonds. The molecule has 0 saturated heterocycles. The number of ether oxygens (including phenoxy) is 2. The van der Waals surface area contributed by atoms with Gasteiger partial charge < -0.3 is 19.9 Å². The maximum atomic E-state index is 12.0. The molecule has 3 rings (SSSR count). The number of rotatable bonds is 3. The van der Waals surface area contributed by atoms with Crippen LogP contribution < -0.4 is 14.8 Å². The molecular weight excluding hydrogens is 234 g/mol. The van der Waals surface area contributed by atoms with Crippen molar-refractivity contribution in [3.8, 4) is 11.5 Å². The van der Waals surface area contributed by atoms with E-state index in [1.54, 1.807) is 18.2 Å². The molecule has 1 aliphatic carbocycles. The van der Waals surface area contributed by atoms with Crippen LogP contribution >= 0.6 is 0 Å². The lowest BCUT2D eigenvalue weighted by Gasteiger charge is -2.19. The Kier molecular flexibility index (Phi) is 2.63. The van der Waals surface area contributed by atoms with Gasteiger partial charge in [-0.05, 0) is 31.0 Å². The first-order chi connectivity index (χ1) is 8.72. The predicted octanol–water partition coefficient (Wildman–Crippen LogP) is 0.712. The Bertz CT molecular complexity index is 482. The van der Waals surface area contributed by atoms with Crippen LogP contribution in [0.4, 0.5) is 0 Å². The summed E-state index contributed by atoms with van der Waals surface area (Å²) < 4.78 is 10.8. The number of hydrogen-bond acceptors (Lipinski definition) is 4. The average molecular weight is 249 g/mol. The van der Waals surface area contributed by atoms with Gasteiger partial charge in [-0.2, -0.15) is 0 Å². The summed E-state index contributed by atoms with van der Waals surface area (Å²) in [7, 11) is 0. The second-order valence-corrected chi connectivity index (χ2v) is 4.75. The third-order valence-electron chi connectivity index (χ3n) is 3.34. The molecule has 1 fully saturated rings. The summed E-state index contributed by atoms with van der Waals surface area (Å²) in [5.41, 5.74) is 0.128. The molecule has 1 saturated carbocycles. The molecule has 0 radical (unpaired) electrons. The molecule has 0 atom stereocenters. The maximum Gasteiger partial charge on any atom is 0.251 e. The Morgan fingerprint density at radius 1 is 1.28 bits per heavy atom. The van der Waals surface area contributed by atoms with Crippen molar-refractivity contribution < 1.29 is 19.4 Å². The molecule has 5 heteroatoms. The highest BCUT2D eigenvalue weighted by atomic mass is 16.6. The van der Waals surface area contributed by atoms with Gasteiger partial charge in [-0.1, -0.05) is 0 Å². The van der Waals surface area contributed by atoms with Crippen molar-refractivity contribution in [1.29, 1.82) is 0 Å². The number of fused-ring (bicyclic) bond motifs is 1. The molecule has 18 heavy (non-hydrogen) atoms. The maximum absolute atomic E-state index is 12.0. The summed E-state index contributed by atoms with van der Waals surface area (Å²) in [5, 5.41) is 12.0. The normalized spacial score (nSPS) is 19.2. The largest absolute Gasteiger partial charge is 0.486 e. The first kappa shape index (κ1) is 11.3. The first-order valence-corrected chi connectivity index (χ1v) is 6.05. The molecule has 2 aliphatic rings. The highest BCUT2D eigenvalue weighted by Gasteiger charge is 2.43. The van der Waals surface area contributed by atoms with Gasteiger partial charge in [0, 0.05) is 5.56 Å². The molecule has 1 aromatic carbocycles. The minimum absolute atomic E-state index is 0.0106. The zero-order valence-corrected chi connectivity index (χ0v) is 9.94. The number of hydrogen-bond donors (Lipinski definition) is 2. The van der Waals surface area contributed by atoms with E-state index in [1.807, 2.05) is 0 Å². The second kappa shape index (κ2) is 4.17. The van der Waals surface area contributed by atoms with Crippen LogP contribution in [0.25, 0.3) is 0 Å². The highest BCUT2D eigenvalue weighted by molar-refractivity contribution is 5.95. The molecule has 0 spiro atoms. The van der Waals surface area contributed by atoms with Crippen molar-refractivity contribution in [2.45, 2.75) is 18.4 Å². The van der Waals surface area contributed by atoms with E-state index in [4.69, 9.17) is 9.47 Å². The number of nitrogens with one attached hydrogen (secondary N) is 1. The SMILES string of the molecule is O=C(NC1(CO)CC1)c1ccc2c(c1)OCCO2. The van der Waals surface area contributed by atoms with E-state index >= 15 is 0 Å². The van der Waals surface area contributed by atoms with Crippen LogP contribution in [-0.4, -0.2) is 36.4 Å². The number of aliphatic hydroxyl groups excluding tert-OH is 1. The van der Waals surface area contributed by atoms with Gasteiger partial charge in [0.25, 0.3) is 5.91 Å². The first-order valence-electron chi connectivity index (χ1n) is 6.05. The van der Waals surface area contributed by atoms with E-state index < -0.39 is 5.54 Å². The van der Waals surface area contributed by atoms with Crippen molar-refractivity contribution in [3.05, 3.63) is 23.8 Å². The average Bonchev–Trinajstić information content (AvgIpc) is 3.18. The third kappa shape index (κ3) is 2.01. The standard InChI is InChI=1S/C13H15NO4/c15-8-13(3-4-13)14-12(16)9-1-2-10-11(7-9)18-6-5-17-10/h1-2,7,15H,3-6,8H2,(H,14,16). The zero-order chi connectivity index (χ0) is 12.6. The van der Waals surface area contributed by atoms with E-state index in [1.165, 1.54) is 0 Å². The minimum Gasteiger partial charge on any atom is -0.486 e. The summed E-state index contributed by atoms with van der Waals surface area (Å²) >= 11 is 0. The van der Waals surface area contributed by atoms with Crippen LogP contribution in [0.15, 0.2) is 18.2 Å². The van der Waals surface area contributed by atoms with Crippen molar-refractivity contribution in [2.24, 2.45) is 0 Å². The summed E-state index contributed by atoms with van der Waals surface area (Å²) in [5.74, 6) is 1.09. The lowest BCUT2D eigenvalue weighted by Crippen LogP contribution is -2.39. The van der Waals surface area contributed by atoms with E-state index in [9.17, 15) is 9.90 Å². The van der Waals surface area contributed by atoms with Gasteiger partial charge in [0.05, 0.1) is 12.1 Å². The van der Waals surface area contributed by atoms with Crippen molar-refractivity contribution in [3.63, 3.8) is 0 Å². The van der Waals surface area contributed by atoms with E-state index in [0.29, 0.717) is 30.3 Å². The summed E-state index contributed by atoms with van der Waals surface area (Å²) in [6, 6.07) is 5.12. The van der Waals surface area contributed by atoms with Crippen LogP contribution in [0.3, 0.4) is 0 Å². The molecule has 96 valence electrons. The third-order valence-corrected chi connectivity index (χ3v) is 3.34. The summed E-state index contributed by atoms with van der Waals surface area (Å²) in [6.07, 6.45) is 1.67. The quantitative estimate of drug-likeness (QED) is 0.828. The molecule has 0 bridgehead atoms. The van der Waals surface area contributed by atoms with Gasteiger partial charge >= 0.3 is 0 Å². The Hall–Kier alpha value is -1.75. The van der Waals surface area contributed by atoms with Crippen molar-refractivity contribution in [1.82, 2.24) is 5.32 Å². The van der Waals surface area contributed by atoms with E-state index in [0.717, 1.165) is 12.8 Å². The van der Waals surface area contributed by atoms with Crippen molar-refractivity contribution in [2.75, 3.05) is 19.8 Å². The fraction of sp³-hybridized carbons (Fsp3) is 0.462. The minimum atomic E-state index is -0.398. The molecule has 1 aromatic rings. The van der Waals surface area contributed by atoms with E-state index in [2.05, 4.69) is 5.32 Å². The predicted molar refractivity (Wildman–Crippen MR) is 63.9 cm³/mol. The topological polar surface area (TPSA) is 67.8 Å². The molecule has 2 N–H and O–H groups in total. The summed E-state index contributed by atoms with van der Waals surface area (Å²) in [4.78, 5) is 12.0. The molecule has 0 aromatic heterocycles. The van der Waals surface area contributed by atoms with E-state index in [-0.39, 0.29) is 12.5 Å². The van der Waals surface area contributed by atoms with Crippen LogP contribution in [-0.2, 0) is 0 Å². The molecule has 1 aliphatic heterocycles. The Labute approximate surface area is 105 Å². The second-order valence-electron chi connectivity index (χ2n) is 4.75. The Balaban J connectivity index is 1.77. The van der Waals surface area contributed by atoms with Gasteiger partial charge in [0.1, 0.15) is 13.2 Å². The molecular formula is C13H15NO4. The lowest BCUT2D eigenvalue weighted by atomic mass is 10.1. The highest BCUT2D eigenvalue weighted by Crippen LogP contribution is 2.35. The Morgan fingerprint density at radius 3 is 2.67 bits per heavy atom. The van der Waals surface area contributed by atoms with Crippen LogP contribution in [0.5, 0.6) is 11.5 Å². The van der Waals surface area contributed by atoms with Gasteiger partial charge in [-0.3, -0.25) is 4.79 Å². The molecule has 5 nitrogen and oxygen atoms in total. The lowest BCUT2D eigenvalue weighted by molar-refractivity contribution is 0.0905. The molecule has 0 unspecified atom stereocenters. The van der Waals surface area contributed by atoms with Gasteiger partial charge in [-0.25, -0.2) is 0 Å². The van der Waals surface area contributed by atoms with Gasteiger partial charge in [0.15, 0.2) is 11.5 Å². The smallest absolute Gasteiger partial charge is 0.251 e.